The fourth-order valence-electron chi connectivity index (χ4n) is 2.37. The Morgan fingerprint density at radius 2 is 1.19 bits per heavy atom. The van der Waals surface area contributed by atoms with Gasteiger partial charge in [0, 0.05) is 0 Å². The zero-order valence-electron chi connectivity index (χ0n) is 13.9. The summed E-state index contributed by atoms with van der Waals surface area (Å²) in [6, 6.07) is 0. The predicted molar refractivity (Wildman–Crippen MR) is 89.3 cm³/mol. The van der Waals surface area contributed by atoms with Crippen LogP contribution >= 0.6 is 0 Å². The van der Waals surface area contributed by atoms with E-state index in [-0.39, 0.29) is 25.8 Å². The monoisotopic (exact) mass is 450 g/mol. The van der Waals surface area contributed by atoms with Gasteiger partial charge in [-0.25, -0.2) is 23.3 Å². The van der Waals surface area contributed by atoms with E-state index in [0.29, 0.717) is 0 Å². The van der Waals surface area contributed by atoms with E-state index >= 15 is 0 Å². The van der Waals surface area contributed by atoms with Crippen LogP contribution in [0.5, 0.6) is 0 Å². The van der Waals surface area contributed by atoms with Gasteiger partial charge in [-0.3, -0.25) is 12.2 Å². The Labute approximate surface area is 151 Å². The summed E-state index contributed by atoms with van der Waals surface area (Å²) in [5, 5.41) is 0. The minimum absolute atomic E-state index is 0. The average Bonchev–Trinajstić information content (AvgIpc) is 3.13. The molecule has 1 heteroatoms. The Hall–Kier alpha value is -0.170. The van der Waals surface area contributed by atoms with E-state index in [0.717, 1.165) is 12.8 Å². The molecule has 0 aromatic heterocycles. The van der Waals surface area contributed by atoms with Crippen LogP contribution in [0.3, 0.4) is 0 Å². The molecular weight excluding hydrogens is 419 g/mol. The van der Waals surface area contributed by atoms with E-state index in [1.165, 1.54) is 62.5 Å². The van der Waals surface area contributed by atoms with Crippen LogP contribution in [0.1, 0.15) is 78.1 Å². The summed E-state index contributed by atoms with van der Waals surface area (Å²) in [6.45, 7) is 4.48. The molecule has 0 spiro atoms. The van der Waals surface area contributed by atoms with Crippen molar-refractivity contribution in [1.29, 1.82) is 0 Å². The van der Waals surface area contributed by atoms with E-state index in [4.69, 9.17) is 0 Å². The molecule has 0 unspecified atom stereocenters. The van der Waals surface area contributed by atoms with Crippen molar-refractivity contribution in [3.8, 4) is 0 Å². The number of allylic oxidation sites excluding steroid dienone is 8. The van der Waals surface area contributed by atoms with Gasteiger partial charge < -0.3 is 0 Å². The second-order valence-electron chi connectivity index (χ2n) is 5.53. The third-order valence-electron chi connectivity index (χ3n) is 3.63. The Balaban J connectivity index is 0.000000364. The van der Waals surface area contributed by atoms with Crippen LogP contribution in [0.15, 0.2) is 35.5 Å². The molecule has 0 saturated carbocycles. The van der Waals surface area contributed by atoms with E-state index < -0.39 is 0 Å². The fourth-order valence-corrected chi connectivity index (χ4v) is 2.37. The van der Waals surface area contributed by atoms with Gasteiger partial charge in [0.1, 0.15) is 0 Å². The molecule has 0 aromatic carbocycles. The van der Waals surface area contributed by atoms with Gasteiger partial charge in [-0.15, -0.1) is 12.8 Å². The van der Waals surface area contributed by atoms with E-state index in [1.807, 2.05) is 0 Å². The maximum atomic E-state index is 3.32. The quantitative estimate of drug-likeness (QED) is 0.225. The molecule has 21 heavy (non-hydrogen) atoms. The van der Waals surface area contributed by atoms with Gasteiger partial charge in [-0.2, -0.15) is 12.2 Å². The molecule has 2 aliphatic carbocycles. The molecule has 0 aromatic rings. The van der Waals surface area contributed by atoms with Crippen LogP contribution in [0.2, 0.25) is 0 Å². The second-order valence-corrected chi connectivity index (χ2v) is 5.53. The summed E-state index contributed by atoms with van der Waals surface area (Å²) in [6.07, 6.45) is 28.0. The summed E-state index contributed by atoms with van der Waals surface area (Å²) in [5.41, 5.74) is 2.85. The third kappa shape index (κ3) is 11.1. The van der Waals surface area contributed by atoms with Crippen LogP contribution in [0.4, 0.5) is 0 Å². The first-order chi connectivity index (χ1) is 9.86. The van der Waals surface area contributed by atoms with Gasteiger partial charge in [-0.05, 0) is 0 Å². The smallest absolute Gasteiger partial charge is 0.269 e. The molecule has 0 saturated heterocycles. The summed E-state index contributed by atoms with van der Waals surface area (Å²) < 4.78 is 0. The molecule has 0 heterocycles. The fraction of sp³-hybridized carbons (Fsp3) is 0.600. The van der Waals surface area contributed by atoms with Crippen LogP contribution < -0.4 is 0 Å². The van der Waals surface area contributed by atoms with Crippen molar-refractivity contribution < 1.29 is 25.8 Å². The molecule has 0 amide bonds. The Morgan fingerprint density at radius 3 is 1.48 bits per heavy atom. The normalized spacial score (nSPS) is 15.1. The van der Waals surface area contributed by atoms with Crippen molar-refractivity contribution in [3.05, 3.63) is 47.6 Å². The van der Waals surface area contributed by atoms with Gasteiger partial charge in [0.05, 0.1) is 0 Å². The summed E-state index contributed by atoms with van der Waals surface area (Å²) in [4.78, 5) is 0. The van der Waals surface area contributed by atoms with Gasteiger partial charge in [0.25, 0.3) is 0 Å². The summed E-state index contributed by atoms with van der Waals surface area (Å²) in [5.74, 6) is 0. The second kappa shape index (κ2) is 14.8. The molecule has 0 bridgehead atoms. The molecule has 0 aliphatic heterocycles. The Kier molecular flexibility index (Phi) is 14.6. The largest absolute Gasteiger partial charge is 4.00 e. The van der Waals surface area contributed by atoms with Gasteiger partial charge >= 0.3 is 25.8 Å². The molecule has 2 rings (SSSR count). The van der Waals surface area contributed by atoms with Crippen molar-refractivity contribution in [3.63, 3.8) is 0 Å². The summed E-state index contributed by atoms with van der Waals surface area (Å²) in [7, 11) is 0. The number of hydrogen-bond acceptors (Lipinski definition) is 0. The molecule has 112 valence electrons. The van der Waals surface area contributed by atoms with Crippen LogP contribution in [-0.4, -0.2) is 0 Å². The zero-order chi connectivity index (χ0) is 14.5. The standard InChI is InChI=1S/2C10H15.Hf/c2*1-2-3-4-7-10-8-5-6-9-10;/h2*5,8H,2-4,6-7H2,1H3;/q2*-1;+4. The molecule has 0 radical (unpaired) electrons. The maximum Gasteiger partial charge on any atom is 4.00 e. The summed E-state index contributed by atoms with van der Waals surface area (Å²) >= 11 is 0. The number of hydrogen-bond donors (Lipinski definition) is 0. The average molecular weight is 449 g/mol. The van der Waals surface area contributed by atoms with Crippen molar-refractivity contribution in [2.75, 3.05) is 0 Å². The first kappa shape index (κ1) is 20.8. The van der Waals surface area contributed by atoms with E-state index in [2.05, 4.69) is 50.3 Å². The zero-order valence-corrected chi connectivity index (χ0v) is 17.5. The van der Waals surface area contributed by atoms with Gasteiger partial charge in [-0.1, -0.05) is 65.2 Å². The molecule has 0 nitrogen and oxygen atoms in total. The van der Waals surface area contributed by atoms with E-state index in [9.17, 15) is 0 Å². The third-order valence-corrected chi connectivity index (χ3v) is 3.63. The molecule has 0 N–H and O–H groups in total. The predicted octanol–water partition coefficient (Wildman–Crippen LogP) is 6.51. The van der Waals surface area contributed by atoms with Crippen molar-refractivity contribution in [2.24, 2.45) is 0 Å². The topological polar surface area (TPSA) is 0 Å². The number of unbranched alkanes of at least 4 members (excludes halogenated alkanes) is 4. The van der Waals surface area contributed by atoms with E-state index in [1.54, 1.807) is 0 Å². The van der Waals surface area contributed by atoms with Crippen LogP contribution in [0.25, 0.3) is 0 Å². The first-order valence-corrected chi connectivity index (χ1v) is 8.39. The minimum Gasteiger partial charge on any atom is -0.269 e. The van der Waals surface area contributed by atoms with Crippen molar-refractivity contribution in [2.45, 2.75) is 78.1 Å². The van der Waals surface area contributed by atoms with Crippen LogP contribution in [0, 0.1) is 12.2 Å². The minimum atomic E-state index is 0. The Bertz CT molecular complexity index is 322. The first-order valence-electron chi connectivity index (χ1n) is 8.39. The maximum absolute atomic E-state index is 3.32. The van der Waals surface area contributed by atoms with Gasteiger partial charge in [0.2, 0.25) is 0 Å². The molecule has 0 atom stereocenters. The van der Waals surface area contributed by atoms with Crippen molar-refractivity contribution >= 4 is 0 Å². The molecular formula is C20H30Hf+2. The molecule has 0 fully saturated rings. The van der Waals surface area contributed by atoms with Crippen molar-refractivity contribution in [1.82, 2.24) is 0 Å². The molecule has 2 aliphatic rings. The number of rotatable bonds is 8. The SMILES string of the molecule is CCCCCC1=[C-]CC=C1.CCCCCC1=[C-]CC=C1.[Hf+4]. The van der Waals surface area contributed by atoms with Gasteiger partial charge in [0.15, 0.2) is 0 Å². The van der Waals surface area contributed by atoms with Crippen LogP contribution in [-0.2, 0) is 25.8 Å². The Morgan fingerprint density at radius 1 is 0.762 bits per heavy atom.